The van der Waals surface area contributed by atoms with Crippen LogP contribution in [0.4, 0.5) is 5.69 Å². The fourth-order valence-electron chi connectivity index (χ4n) is 2.21. The van der Waals surface area contributed by atoms with E-state index in [1.54, 1.807) is 24.3 Å². The number of esters is 1. The highest BCUT2D eigenvalue weighted by molar-refractivity contribution is 6.30. The summed E-state index contributed by atoms with van der Waals surface area (Å²) in [5.74, 6) is -0.561. The fourth-order valence-corrected chi connectivity index (χ4v) is 2.40. The first kappa shape index (κ1) is 14.8. The molecule has 1 amide bonds. The largest absolute Gasteiger partial charge is 0.463 e. The van der Waals surface area contributed by atoms with Crippen molar-refractivity contribution in [2.45, 2.75) is 19.4 Å². The number of hydrogen-bond acceptors (Lipinski definition) is 4. The molecule has 1 heterocycles. The third kappa shape index (κ3) is 3.71. The van der Waals surface area contributed by atoms with Crippen LogP contribution in [0.2, 0.25) is 5.02 Å². The molecule has 108 valence electrons. The number of halogens is 1. The van der Waals surface area contributed by atoms with Gasteiger partial charge in [-0.25, -0.2) is 0 Å². The van der Waals surface area contributed by atoms with E-state index in [9.17, 15) is 9.59 Å². The number of benzene rings is 1. The predicted octanol–water partition coefficient (Wildman–Crippen LogP) is 1.92. The molecule has 1 saturated heterocycles. The first-order valence-electron chi connectivity index (χ1n) is 6.56. The molecule has 0 aliphatic carbocycles. The van der Waals surface area contributed by atoms with Crippen LogP contribution in [0.25, 0.3) is 0 Å². The van der Waals surface area contributed by atoms with Gasteiger partial charge in [0.2, 0.25) is 5.91 Å². The lowest BCUT2D eigenvalue weighted by molar-refractivity contribution is -0.158. The van der Waals surface area contributed by atoms with Gasteiger partial charge in [0.15, 0.2) is 0 Å². The Hall–Kier alpha value is -1.59. The van der Waals surface area contributed by atoms with E-state index in [1.807, 2.05) is 11.8 Å². The summed E-state index contributed by atoms with van der Waals surface area (Å²) in [5, 5.41) is 3.29. The summed E-state index contributed by atoms with van der Waals surface area (Å²) in [6, 6.07) is 6.39. The summed E-state index contributed by atoms with van der Waals surface area (Å²) >= 11 is 5.86. The molecule has 1 N–H and O–H groups in total. The number of rotatable bonds is 4. The quantitative estimate of drug-likeness (QED) is 0.863. The van der Waals surface area contributed by atoms with Crippen molar-refractivity contribution in [3.63, 3.8) is 0 Å². The molecule has 1 aromatic carbocycles. The van der Waals surface area contributed by atoms with E-state index in [4.69, 9.17) is 16.3 Å². The van der Waals surface area contributed by atoms with Crippen molar-refractivity contribution < 1.29 is 14.3 Å². The molecule has 6 heteroatoms. The molecule has 20 heavy (non-hydrogen) atoms. The Labute approximate surface area is 122 Å². The second-order valence-electron chi connectivity index (χ2n) is 4.57. The van der Waals surface area contributed by atoms with Gasteiger partial charge in [0, 0.05) is 17.3 Å². The summed E-state index contributed by atoms with van der Waals surface area (Å²) < 4.78 is 5.01. The highest BCUT2D eigenvalue weighted by Crippen LogP contribution is 2.17. The summed E-state index contributed by atoms with van der Waals surface area (Å²) in [7, 11) is 0. The zero-order valence-electron chi connectivity index (χ0n) is 11.3. The molecule has 1 fully saturated rings. The maximum atomic E-state index is 12.0. The number of carbonyl (C=O) groups is 2. The summed E-state index contributed by atoms with van der Waals surface area (Å²) in [6.07, 6.45) is 0.0825. The van der Waals surface area contributed by atoms with E-state index in [-0.39, 0.29) is 18.3 Å². The number of carbonyl (C=O) groups excluding carboxylic acids is 2. The van der Waals surface area contributed by atoms with Gasteiger partial charge >= 0.3 is 5.97 Å². The van der Waals surface area contributed by atoms with Gasteiger partial charge < -0.3 is 10.1 Å². The van der Waals surface area contributed by atoms with Crippen LogP contribution in [0.5, 0.6) is 0 Å². The summed E-state index contributed by atoms with van der Waals surface area (Å²) in [5.41, 5.74) is 0.620. The molecule has 2 rings (SSSR count). The Balaban J connectivity index is 1.97. The number of ether oxygens (including phenoxy) is 1. The Kier molecular flexibility index (Phi) is 4.98. The van der Waals surface area contributed by atoms with Gasteiger partial charge in [0.1, 0.15) is 12.6 Å². The molecule has 0 radical (unpaired) electrons. The molecule has 5 nitrogen and oxygen atoms in total. The van der Waals surface area contributed by atoms with Crippen molar-refractivity contribution >= 4 is 29.2 Å². The molecule has 0 spiro atoms. The van der Waals surface area contributed by atoms with E-state index in [0.29, 0.717) is 30.4 Å². The number of morpholine rings is 1. The predicted molar refractivity (Wildman–Crippen MR) is 76.7 cm³/mol. The average molecular weight is 297 g/mol. The normalized spacial score (nSPS) is 19.5. The van der Waals surface area contributed by atoms with Gasteiger partial charge in [-0.2, -0.15) is 0 Å². The Bertz CT molecular complexity index is 507. The second-order valence-corrected chi connectivity index (χ2v) is 5.01. The minimum Gasteiger partial charge on any atom is -0.463 e. The van der Waals surface area contributed by atoms with Crippen molar-refractivity contribution in [2.75, 3.05) is 25.0 Å². The van der Waals surface area contributed by atoms with E-state index >= 15 is 0 Å². The van der Waals surface area contributed by atoms with Gasteiger partial charge in [-0.1, -0.05) is 24.6 Å². The summed E-state index contributed by atoms with van der Waals surface area (Å²) in [4.78, 5) is 25.7. The van der Waals surface area contributed by atoms with Crippen molar-refractivity contribution in [2.24, 2.45) is 0 Å². The van der Waals surface area contributed by atoms with Crippen molar-refractivity contribution in [3.05, 3.63) is 29.3 Å². The molecule has 0 bridgehead atoms. The molecular formula is C14H17ClN2O3. The van der Waals surface area contributed by atoms with E-state index in [1.165, 1.54) is 0 Å². The van der Waals surface area contributed by atoms with Crippen LogP contribution in [0.3, 0.4) is 0 Å². The number of anilines is 1. The zero-order valence-corrected chi connectivity index (χ0v) is 12.0. The molecule has 1 aliphatic heterocycles. The Morgan fingerprint density at radius 1 is 1.55 bits per heavy atom. The molecule has 1 aliphatic rings. The van der Waals surface area contributed by atoms with Gasteiger partial charge in [0.05, 0.1) is 6.42 Å². The van der Waals surface area contributed by atoms with E-state index in [0.717, 1.165) is 0 Å². The highest BCUT2D eigenvalue weighted by Gasteiger charge is 2.32. The van der Waals surface area contributed by atoms with Crippen LogP contribution in [-0.2, 0) is 14.3 Å². The van der Waals surface area contributed by atoms with E-state index < -0.39 is 6.04 Å². The SMILES string of the molecule is CCN1CCOC(=O)[C@H]1CC(=O)Nc1cccc(Cl)c1. The van der Waals surface area contributed by atoms with Crippen LogP contribution in [0.15, 0.2) is 24.3 Å². The fraction of sp³-hybridized carbons (Fsp3) is 0.429. The second kappa shape index (κ2) is 6.72. The molecule has 0 saturated carbocycles. The number of nitrogens with one attached hydrogen (secondary N) is 1. The Morgan fingerprint density at radius 3 is 3.05 bits per heavy atom. The number of nitrogens with zero attached hydrogens (tertiary/aromatic N) is 1. The molecule has 1 aromatic rings. The smallest absolute Gasteiger partial charge is 0.323 e. The third-order valence-corrected chi connectivity index (χ3v) is 3.46. The lowest BCUT2D eigenvalue weighted by Crippen LogP contribution is -2.50. The lowest BCUT2D eigenvalue weighted by atomic mass is 10.1. The van der Waals surface area contributed by atoms with Crippen LogP contribution < -0.4 is 5.32 Å². The standard InChI is InChI=1S/C14H17ClN2O3/c1-2-17-6-7-20-14(19)12(17)9-13(18)16-11-5-3-4-10(15)8-11/h3-5,8,12H,2,6-7,9H2,1H3,(H,16,18)/t12-/m1/s1. The third-order valence-electron chi connectivity index (χ3n) is 3.23. The summed E-state index contributed by atoms with van der Waals surface area (Å²) in [6.45, 7) is 3.72. The first-order valence-corrected chi connectivity index (χ1v) is 6.94. The van der Waals surface area contributed by atoms with Crippen LogP contribution in [0, 0.1) is 0 Å². The monoisotopic (exact) mass is 296 g/mol. The van der Waals surface area contributed by atoms with Crippen LogP contribution >= 0.6 is 11.6 Å². The number of hydrogen-bond donors (Lipinski definition) is 1. The average Bonchev–Trinajstić information content (AvgIpc) is 2.41. The molecular weight excluding hydrogens is 280 g/mol. The topological polar surface area (TPSA) is 58.6 Å². The van der Waals surface area contributed by atoms with Gasteiger partial charge in [0.25, 0.3) is 0 Å². The first-order chi connectivity index (χ1) is 9.60. The highest BCUT2D eigenvalue weighted by atomic mass is 35.5. The van der Waals surface area contributed by atoms with Crippen LogP contribution in [-0.4, -0.2) is 42.5 Å². The minimum absolute atomic E-state index is 0.0825. The van der Waals surface area contributed by atoms with Crippen LogP contribution in [0.1, 0.15) is 13.3 Å². The van der Waals surface area contributed by atoms with E-state index in [2.05, 4.69) is 5.32 Å². The molecule has 0 unspecified atom stereocenters. The lowest BCUT2D eigenvalue weighted by Gasteiger charge is -2.32. The number of likely N-dealkylation sites (N-methyl/N-ethyl adjacent to an activating group) is 1. The number of cyclic esters (lactones) is 1. The van der Waals surface area contributed by atoms with Crippen molar-refractivity contribution in [1.29, 1.82) is 0 Å². The van der Waals surface area contributed by atoms with Gasteiger partial charge in [-0.05, 0) is 24.7 Å². The van der Waals surface area contributed by atoms with Gasteiger partial charge in [-0.3, -0.25) is 14.5 Å². The maximum Gasteiger partial charge on any atom is 0.323 e. The molecule has 0 aromatic heterocycles. The Morgan fingerprint density at radius 2 is 2.35 bits per heavy atom. The van der Waals surface area contributed by atoms with Crippen molar-refractivity contribution in [3.8, 4) is 0 Å². The van der Waals surface area contributed by atoms with Gasteiger partial charge in [-0.15, -0.1) is 0 Å². The van der Waals surface area contributed by atoms with Crippen molar-refractivity contribution in [1.82, 2.24) is 4.90 Å². The number of amides is 1. The molecule has 1 atom stereocenters. The minimum atomic E-state index is -0.507. The zero-order chi connectivity index (χ0) is 14.5. The maximum absolute atomic E-state index is 12.0.